The van der Waals surface area contributed by atoms with E-state index in [2.05, 4.69) is 18.2 Å². The van der Waals surface area contributed by atoms with E-state index in [1.165, 1.54) is 12.0 Å². The molecule has 1 aromatic heterocycles. The summed E-state index contributed by atoms with van der Waals surface area (Å²) in [6.07, 6.45) is 0.0340. The van der Waals surface area contributed by atoms with Crippen molar-refractivity contribution in [2.75, 3.05) is 25.2 Å². The van der Waals surface area contributed by atoms with Crippen molar-refractivity contribution in [3.63, 3.8) is 0 Å². The highest BCUT2D eigenvalue weighted by atomic mass is 16.5. The van der Waals surface area contributed by atoms with Crippen LogP contribution in [0, 0.1) is 33.6 Å². The molecule has 3 aromatic rings. The molecule has 0 N–H and O–H groups in total. The summed E-state index contributed by atoms with van der Waals surface area (Å²) in [7, 11) is 1.54. The number of rotatable bonds is 7. The molecule has 1 aliphatic rings. The standard InChI is InChI=1S/C28H30N2O5/c1-17-10-18(2)12-22(11-17)30-19(3)13-23(20(30)4)25(31)16-35-28(33)21-14-27(32)29(15-21)24-8-6-7-9-26(24)34-5/h6-13,21H,14-16H2,1-5H3/t21-/m0/s1. The summed E-state index contributed by atoms with van der Waals surface area (Å²) < 4.78 is 12.7. The number of anilines is 1. The molecule has 0 bridgehead atoms. The van der Waals surface area contributed by atoms with E-state index in [1.54, 1.807) is 12.1 Å². The van der Waals surface area contributed by atoms with Gasteiger partial charge in [0.1, 0.15) is 5.75 Å². The van der Waals surface area contributed by atoms with E-state index in [9.17, 15) is 14.4 Å². The van der Waals surface area contributed by atoms with E-state index >= 15 is 0 Å². The first kappa shape index (κ1) is 24.3. The van der Waals surface area contributed by atoms with Gasteiger partial charge in [0.25, 0.3) is 0 Å². The molecule has 0 unspecified atom stereocenters. The second-order valence-electron chi connectivity index (χ2n) is 9.07. The van der Waals surface area contributed by atoms with Gasteiger partial charge in [0, 0.05) is 35.6 Å². The third-order valence-corrected chi connectivity index (χ3v) is 6.38. The van der Waals surface area contributed by atoms with Crippen LogP contribution in [-0.4, -0.2) is 42.5 Å². The Kier molecular flexibility index (Phi) is 6.78. The minimum absolute atomic E-state index is 0.0340. The fourth-order valence-electron chi connectivity index (χ4n) is 4.81. The first-order valence-electron chi connectivity index (χ1n) is 11.6. The Morgan fingerprint density at radius 2 is 1.69 bits per heavy atom. The van der Waals surface area contributed by atoms with E-state index in [0.29, 0.717) is 17.0 Å². The number of amides is 1. The number of para-hydroxylation sites is 2. The van der Waals surface area contributed by atoms with Crippen LogP contribution in [0.5, 0.6) is 5.75 Å². The van der Waals surface area contributed by atoms with Gasteiger partial charge in [-0.15, -0.1) is 0 Å². The van der Waals surface area contributed by atoms with Crippen LogP contribution >= 0.6 is 0 Å². The molecule has 1 atom stereocenters. The van der Waals surface area contributed by atoms with Gasteiger partial charge in [0.15, 0.2) is 6.61 Å². The normalized spacial score (nSPS) is 15.4. The van der Waals surface area contributed by atoms with Crippen LogP contribution in [0.15, 0.2) is 48.5 Å². The van der Waals surface area contributed by atoms with Gasteiger partial charge in [-0.05, 0) is 69.2 Å². The lowest BCUT2D eigenvalue weighted by Gasteiger charge is -2.19. The van der Waals surface area contributed by atoms with Crippen molar-refractivity contribution >= 4 is 23.3 Å². The van der Waals surface area contributed by atoms with Crippen LogP contribution in [0.1, 0.15) is 39.3 Å². The molecule has 35 heavy (non-hydrogen) atoms. The average Bonchev–Trinajstić information content (AvgIpc) is 3.35. The van der Waals surface area contributed by atoms with Crippen LogP contribution < -0.4 is 9.64 Å². The topological polar surface area (TPSA) is 77.8 Å². The molecule has 0 saturated carbocycles. The predicted molar refractivity (Wildman–Crippen MR) is 133 cm³/mol. The molecular formula is C28H30N2O5. The Balaban J connectivity index is 1.44. The van der Waals surface area contributed by atoms with Gasteiger partial charge >= 0.3 is 5.97 Å². The molecule has 1 aliphatic heterocycles. The number of carbonyl (C=O) groups is 3. The quantitative estimate of drug-likeness (QED) is 0.372. The number of carbonyl (C=O) groups excluding carboxylic acids is 3. The Hall–Kier alpha value is -3.87. The molecule has 7 heteroatoms. The number of ketones is 1. The molecule has 0 radical (unpaired) electrons. The Morgan fingerprint density at radius 3 is 2.37 bits per heavy atom. The largest absolute Gasteiger partial charge is 0.495 e. The highest BCUT2D eigenvalue weighted by Gasteiger charge is 2.37. The predicted octanol–water partition coefficient (Wildman–Crippen LogP) is 4.50. The summed E-state index contributed by atoms with van der Waals surface area (Å²) in [5, 5.41) is 0. The number of benzene rings is 2. The summed E-state index contributed by atoms with van der Waals surface area (Å²) >= 11 is 0. The maximum atomic E-state index is 13.0. The van der Waals surface area contributed by atoms with Crippen LogP contribution in [0.3, 0.4) is 0 Å². The van der Waals surface area contributed by atoms with Crippen molar-refractivity contribution in [2.45, 2.75) is 34.1 Å². The number of hydrogen-bond donors (Lipinski definition) is 0. The van der Waals surface area contributed by atoms with E-state index in [-0.39, 0.29) is 31.3 Å². The number of hydrogen-bond acceptors (Lipinski definition) is 5. The van der Waals surface area contributed by atoms with Crippen molar-refractivity contribution in [1.82, 2.24) is 4.57 Å². The van der Waals surface area contributed by atoms with Gasteiger partial charge in [-0.2, -0.15) is 0 Å². The zero-order chi connectivity index (χ0) is 25.3. The van der Waals surface area contributed by atoms with Gasteiger partial charge in [-0.3, -0.25) is 14.4 Å². The van der Waals surface area contributed by atoms with Crippen LogP contribution in [0.4, 0.5) is 5.69 Å². The molecule has 4 rings (SSSR count). The van der Waals surface area contributed by atoms with Crippen molar-refractivity contribution < 1.29 is 23.9 Å². The SMILES string of the molecule is COc1ccccc1N1C[C@@H](C(=O)OCC(=O)c2cc(C)n(-c3cc(C)cc(C)c3)c2C)CC1=O. The summed E-state index contributed by atoms with van der Waals surface area (Å²) in [6, 6.07) is 15.2. The van der Waals surface area contributed by atoms with Crippen LogP contribution in [-0.2, 0) is 14.3 Å². The van der Waals surface area contributed by atoms with Crippen molar-refractivity contribution in [2.24, 2.45) is 5.92 Å². The molecule has 7 nitrogen and oxygen atoms in total. The van der Waals surface area contributed by atoms with Crippen molar-refractivity contribution in [3.8, 4) is 11.4 Å². The van der Waals surface area contributed by atoms with E-state index in [4.69, 9.17) is 9.47 Å². The second-order valence-corrected chi connectivity index (χ2v) is 9.07. The maximum Gasteiger partial charge on any atom is 0.311 e. The number of esters is 1. The molecule has 2 heterocycles. The first-order valence-corrected chi connectivity index (χ1v) is 11.6. The number of aromatic nitrogens is 1. The summed E-state index contributed by atoms with van der Waals surface area (Å²) in [4.78, 5) is 39.8. The Bertz CT molecular complexity index is 1290. The number of Topliss-reactive ketones (excluding diaryl/α,β-unsaturated/α-hetero) is 1. The molecule has 1 amide bonds. The minimum atomic E-state index is -0.636. The number of methoxy groups -OCH3 is 1. The lowest BCUT2D eigenvalue weighted by molar-refractivity contribution is -0.147. The molecule has 182 valence electrons. The summed E-state index contributed by atoms with van der Waals surface area (Å²) in [5.41, 5.74) is 6.14. The van der Waals surface area contributed by atoms with Crippen molar-refractivity contribution in [1.29, 1.82) is 0 Å². The smallest absolute Gasteiger partial charge is 0.311 e. The minimum Gasteiger partial charge on any atom is -0.495 e. The van der Waals surface area contributed by atoms with E-state index < -0.39 is 11.9 Å². The molecule has 2 aromatic carbocycles. The second kappa shape index (κ2) is 9.78. The fourth-order valence-corrected chi connectivity index (χ4v) is 4.81. The number of nitrogens with zero attached hydrogens (tertiary/aromatic N) is 2. The van der Waals surface area contributed by atoms with Crippen LogP contribution in [0.2, 0.25) is 0 Å². The van der Waals surface area contributed by atoms with E-state index in [0.717, 1.165) is 28.2 Å². The van der Waals surface area contributed by atoms with Gasteiger partial charge in [-0.1, -0.05) is 18.2 Å². The fraction of sp³-hybridized carbons (Fsp3) is 0.321. The number of aryl methyl sites for hydroxylation is 3. The van der Waals surface area contributed by atoms with Crippen molar-refractivity contribution in [3.05, 3.63) is 76.6 Å². The zero-order valence-electron chi connectivity index (χ0n) is 20.8. The Labute approximate surface area is 205 Å². The maximum absolute atomic E-state index is 13.0. The van der Waals surface area contributed by atoms with Gasteiger partial charge < -0.3 is 18.9 Å². The average molecular weight is 475 g/mol. The van der Waals surface area contributed by atoms with Gasteiger partial charge in [0.05, 0.1) is 18.7 Å². The van der Waals surface area contributed by atoms with Gasteiger partial charge in [-0.25, -0.2) is 0 Å². The third-order valence-electron chi connectivity index (χ3n) is 6.38. The molecule has 0 spiro atoms. The molecule has 0 aliphatic carbocycles. The van der Waals surface area contributed by atoms with Crippen LogP contribution in [0.25, 0.3) is 5.69 Å². The van der Waals surface area contributed by atoms with Gasteiger partial charge in [0.2, 0.25) is 11.7 Å². The molecular weight excluding hydrogens is 444 g/mol. The lowest BCUT2D eigenvalue weighted by atomic mass is 10.1. The third kappa shape index (κ3) is 4.85. The lowest BCUT2D eigenvalue weighted by Crippen LogP contribution is -2.27. The summed E-state index contributed by atoms with van der Waals surface area (Å²) in [5.74, 6) is -1.08. The highest BCUT2D eigenvalue weighted by molar-refractivity contribution is 6.02. The Morgan fingerprint density at radius 1 is 1.00 bits per heavy atom. The molecule has 1 fully saturated rings. The monoisotopic (exact) mass is 474 g/mol. The molecule has 1 saturated heterocycles. The zero-order valence-corrected chi connectivity index (χ0v) is 20.8. The highest BCUT2D eigenvalue weighted by Crippen LogP contribution is 2.33. The summed E-state index contributed by atoms with van der Waals surface area (Å²) in [6.45, 7) is 7.74. The number of ether oxygens (including phenoxy) is 2. The first-order chi connectivity index (χ1) is 16.7. The van der Waals surface area contributed by atoms with E-state index in [1.807, 2.05) is 50.5 Å².